The molecular weight excluding hydrogens is 346 g/mol. The third kappa shape index (κ3) is 4.55. The first-order valence-corrected chi connectivity index (χ1v) is 9.82. The average molecular weight is 375 g/mol. The maximum Gasteiger partial charge on any atom is 0.296 e. The summed E-state index contributed by atoms with van der Waals surface area (Å²) < 4.78 is 6.39. The Morgan fingerprint density at radius 1 is 1.30 bits per heavy atom. The maximum atomic E-state index is 12.4. The number of aromatic nitrogens is 3. The number of carbonyl (C=O) groups is 1. The van der Waals surface area contributed by atoms with Gasteiger partial charge in [-0.05, 0) is 46.6 Å². The molecule has 2 aromatic heterocycles. The second-order valence-electron chi connectivity index (χ2n) is 7.41. The van der Waals surface area contributed by atoms with Gasteiger partial charge in [-0.25, -0.2) is 4.68 Å². The van der Waals surface area contributed by atoms with Crippen molar-refractivity contribution in [3.63, 3.8) is 0 Å². The van der Waals surface area contributed by atoms with E-state index < -0.39 is 0 Å². The SMILES string of the molecule is Cc1nn(CCC(=O)NCCCN2CCCC[C@H]2C)c(=O)c2noc(C)c12. The molecule has 3 heterocycles. The van der Waals surface area contributed by atoms with Crippen molar-refractivity contribution in [3.05, 3.63) is 21.8 Å². The summed E-state index contributed by atoms with van der Waals surface area (Å²) in [6.07, 6.45) is 5.02. The van der Waals surface area contributed by atoms with Gasteiger partial charge in [-0.15, -0.1) is 0 Å². The van der Waals surface area contributed by atoms with Crippen LogP contribution in [0, 0.1) is 13.8 Å². The number of amides is 1. The van der Waals surface area contributed by atoms with Gasteiger partial charge in [-0.2, -0.15) is 5.10 Å². The van der Waals surface area contributed by atoms with Crippen molar-refractivity contribution in [2.75, 3.05) is 19.6 Å². The number of rotatable bonds is 7. The predicted octanol–water partition coefficient (Wildman–Crippen LogP) is 1.77. The van der Waals surface area contributed by atoms with E-state index in [2.05, 4.69) is 27.4 Å². The van der Waals surface area contributed by atoms with Crippen LogP contribution < -0.4 is 10.9 Å². The van der Waals surface area contributed by atoms with Gasteiger partial charge >= 0.3 is 0 Å². The second kappa shape index (κ2) is 8.65. The van der Waals surface area contributed by atoms with Gasteiger partial charge in [-0.1, -0.05) is 11.6 Å². The topological polar surface area (TPSA) is 93.3 Å². The number of hydrogen-bond donors (Lipinski definition) is 1. The number of aryl methyl sites for hydroxylation is 3. The Morgan fingerprint density at radius 3 is 2.89 bits per heavy atom. The highest BCUT2D eigenvalue weighted by Gasteiger charge is 2.18. The van der Waals surface area contributed by atoms with Crippen LogP contribution in [0.3, 0.4) is 0 Å². The van der Waals surface area contributed by atoms with Gasteiger partial charge in [0.1, 0.15) is 5.76 Å². The molecule has 0 unspecified atom stereocenters. The summed E-state index contributed by atoms with van der Waals surface area (Å²) in [5.41, 5.74) is 0.634. The van der Waals surface area contributed by atoms with E-state index in [1.807, 2.05) is 6.92 Å². The second-order valence-corrected chi connectivity index (χ2v) is 7.41. The summed E-state index contributed by atoms with van der Waals surface area (Å²) in [7, 11) is 0. The van der Waals surface area contributed by atoms with Crippen molar-refractivity contribution >= 4 is 16.8 Å². The monoisotopic (exact) mass is 375 g/mol. The number of hydrogen-bond acceptors (Lipinski definition) is 6. The first kappa shape index (κ1) is 19.5. The zero-order valence-corrected chi connectivity index (χ0v) is 16.5. The molecule has 1 fully saturated rings. The molecule has 1 atom stereocenters. The van der Waals surface area contributed by atoms with Crippen LogP contribution in [0.1, 0.15) is 50.5 Å². The molecule has 0 bridgehead atoms. The summed E-state index contributed by atoms with van der Waals surface area (Å²) in [4.78, 5) is 27.0. The van der Waals surface area contributed by atoms with Crippen molar-refractivity contribution in [3.8, 4) is 0 Å². The molecule has 148 valence electrons. The smallest absolute Gasteiger partial charge is 0.296 e. The van der Waals surface area contributed by atoms with Gasteiger partial charge in [-0.3, -0.25) is 9.59 Å². The van der Waals surface area contributed by atoms with Gasteiger partial charge in [0.2, 0.25) is 5.91 Å². The maximum absolute atomic E-state index is 12.4. The molecule has 0 spiro atoms. The lowest BCUT2D eigenvalue weighted by molar-refractivity contribution is -0.121. The molecule has 0 aliphatic carbocycles. The lowest BCUT2D eigenvalue weighted by Gasteiger charge is -2.33. The summed E-state index contributed by atoms with van der Waals surface area (Å²) in [5, 5.41) is 11.7. The number of nitrogens with zero attached hydrogens (tertiary/aromatic N) is 4. The number of fused-ring (bicyclic) bond motifs is 1. The Bertz CT molecular complexity index is 857. The van der Waals surface area contributed by atoms with E-state index in [1.165, 1.54) is 23.9 Å². The fourth-order valence-electron chi connectivity index (χ4n) is 3.79. The van der Waals surface area contributed by atoms with E-state index in [4.69, 9.17) is 4.52 Å². The number of nitrogens with one attached hydrogen (secondary N) is 1. The third-order valence-corrected chi connectivity index (χ3v) is 5.37. The first-order chi connectivity index (χ1) is 13.0. The van der Waals surface area contributed by atoms with Gasteiger partial charge in [0.05, 0.1) is 17.6 Å². The Morgan fingerprint density at radius 2 is 2.11 bits per heavy atom. The summed E-state index contributed by atoms with van der Waals surface area (Å²) in [6, 6.07) is 0.644. The first-order valence-electron chi connectivity index (χ1n) is 9.82. The minimum absolute atomic E-state index is 0.0653. The molecule has 3 rings (SSSR count). The van der Waals surface area contributed by atoms with E-state index >= 15 is 0 Å². The van der Waals surface area contributed by atoms with Crippen molar-refractivity contribution in [1.82, 2.24) is 25.2 Å². The molecule has 2 aromatic rings. The van der Waals surface area contributed by atoms with E-state index in [1.54, 1.807) is 6.92 Å². The number of carbonyl (C=O) groups excluding carboxylic acids is 1. The molecular formula is C19H29N5O3. The normalized spacial score (nSPS) is 18.1. The molecule has 1 aliphatic rings. The third-order valence-electron chi connectivity index (χ3n) is 5.37. The highest BCUT2D eigenvalue weighted by Crippen LogP contribution is 2.17. The molecule has 8 nitrogen and oxygen atoms in total. The average Bonchev–Trinajstić information content (AvgIpc) is 3.04. The molecule has 0 aromatic carbocycles. The summed E-state index contributed by atoms with van der Waals surface area (Å²) >= 11 is 0. The van der Waals surface area contributed by atoms with Gasteiger partial charge in [0, 0.05) is 25.6 Å². The Balaban J connectivity index is 1.46. The highest BCUT2D eigenvalue weighted by molar-refractivity contribution is 5.81. The highest BCUT2D eigenvalue weighted by atomic mass is 16.5. The predicted molar refractivity (Wildman–Crippen MR) is 103 cm³/mol. The minimum atomic E-state index is -0.320. The fourth-order valence-corrected chi connectivity index (χ4v) is 3.79. The standard InChI is InChI=1S/C19H29N5O3/c1-13-7-4-5-10-23(13)11-6-9-20-16(25)8-12-24-19(26)18-17(14(2)21-24)15(3)27-22-18/h13H,4-12H2,1-3H3,(H,20,25)/t13-/m1/s1. The minimum Gasteiger partial charge on any atom is -0.360 e. The van der Waals surface area contributed by atoms with E-state index in [9.17, 15) is 9.59 Å². The molecule has 8 heteroatoms. The number of piperidine rings is 1. The molecule has 0 saturated carbocycles. The quantitative estimate of drug-likeness (QED) is 0.742. The fraction of sp³-hybridized carbons (Fsp3) is 0.684. The largest absolute Gasteiger partial charge is 0.360 e. The molecule has 1 N–H and O–H groups in total. The van der Waals surface area contributed by atoms with Crippen LogP contribution in [-0.2, 0) is 11.3 Å². The van der Waals surface area contributed by atoms with Crippen molar-refractivity contribution in [1.29, 1.82) is 0 Å². The summed E-state index contributed by atoms with van der Waals surface area (Å²) in [5.74, 6) is 0.518. The van der Waals surface area contributed by atoms with Crippen LogP contribution in [-0.4, -0.2) is 51.4 Å². The number of likely N-dealkylation sites (tertiary alicyclic amines) is 1. The zero-order chi connectivity index (χ0) is 19.4. The van der Waals surface area contributed by atoms with Crippen LogP contribution in [0.2, 0.25) is 0 Å². The molecule has 27 heavy (non-hydrogen) atoms. The molecule has 0 radical (unpaired) electrons. The van der Waals surface area contributed by atoms with Crippen LogP contribution in [0.25, 0.3) is 10.9 Å². The van der Waals surface area contributed by atoms with Crippen LogP contribution in [0.4, 0.5) is 0 Å². The molecule has 1 saturated heterocycles. The van der Waals surface area contributed by atoms with Crippen LogP contribution >= 0.6 is 0 Å². The van der Waals surface area contributed by atoms with E-state index in [-0.39, 0.29) is 29.9 Å². The van der Waals surface area contributed by atoms with Crippen molar-refractivity contribution in [2.45, 2.75) is 65.5 Å². The lowest BCUT2D eigenvalue weighted by atomic mass is 10.0. The van der Waals surface area contributed by atoms with Crippen molar-refractivity contribution < 1.29 is 9.32 Å². The van der Waals surface area contributed by atoms with Gasteiger partial charge in [0.15, 0.2) is 5.52 Å². The van der Waals surface area contributed by atoms with Gasteiger partial charge < -0.3 is 14.7 Å². The van der Waals surface area contributed by atoms with Crippen LogP contribution in [0.5, 0.6) is 0 Å². The molecule has 1 aliphatic heterocycles. The van der Waals surface area contributed by atoms with Gasteiger partial charge in [0.25, 0.3) is 5.56 Å². The lowest BCUT2D eigenvalue weighted by Crippen LogP contribution is -2.39. The Hall–Kier alpha value is -2.22. The summed E-state index contributed by atoms with van der Waals surface area (Å²) in [6.45, 7) is 8.91. The van der Waals surface area contributed by atoms with Crippen LogP contribution in [0.15, 0.2) is 9.32 Å². The molecule has 1 amide bonds. The zero-order valence-electron chi connectivity index (χ0n) is 16.5. The Labute approximate surface area is 158 Å². The van der Waals surface area contributed by atoms with E-state index in [0.717, 1.165) is 19.5 Å². The van der Waals surface area contributed by atoms with Crippen molar-refractivity contribution in [2.24, 2.45) is 0 Å². The van der Waals surface area contributed by atoms with E-state index in [0.29, 0.717) is 29.4 Å². The Kier molecular flexibility index (Phi) is 6.26.